The highest BCUT2D eigenvalue weighted by molar-refractivity contribution is 7.23. The van der Waals surface area contributed by atoms with Crippen molar-refractivity contribution < 1.29 is 19.2 Å². The van der Waals surface area contributed by atoms with Crippen LogP contribution in [0.5, 0.6) is 0 Å². The number of nitrogens with one attached hydrogen (secondary N) is 1. The number of nitrogens with zero attached hydrogens (tertiary/aromatic N) is 1. The second-order valence-electron chi connectivity index (χ2n) is 5.70. The van der Waals surface area contributed by atoms with Crippen LogP contribution in [0.3, 0.4) is 0 Å². The molecule has 1 heterocycles. The lowest BCUT2D eigenvalue weighted by Crippen LogP contribution is -2.12. The number of carbonyl (C=O) groups is 2. The molecule has 8 heteroatoms. The fraction of sp³-hybridized carbons (Fsp3) is 0.100. The Morgan fingerprint density at radius 2 is 2.00 bits per heavy atom. The van der Waals surface area contributed by atoms with Crippen molar-refractivity contribution in [3.8, 4) is 0 Å². The number of nitro benzene ring substituents is 1. The summed E-state index contributed by atoms with van der Waals surface area (Å²) in [4.78, 5) is 35.0. The van der Waals surface area contributed by atoms with Gasteiger partial charge in [0.15, 0.2) is 0 Å². The van der Waals surface area contributed by atoms with E-state index >= 15 is 0 Å². The van der Waals surface area contributed by atoms with E-state index in [1.165, 1.54) is 35.6 Å². The van der Waals surface area contributed by atoms with Gasteiger partial charge >= 0.3 is 5.97 Å². The number of fused-ring (bicyclic) bond motifs is 1. The van der Waals surface area contributed by atoms with Crippen LogP contribution in [0.2, 0.25) is 0 Å². The first-order valence-corrected chi connectivity index (χ1v) is 9.23. The van der Waals surface area contributed by atoms with Gasteiger partial charge in [0.25, 0.3) is 5.69 Å². The molecule has 0 aliphatic rings. The number of hydrogen-bond donors (Lipinski definition) is 1. The fourth-order valence-electron chi connectivity index (χ4n) is 2.61. The third-order valence-electron chi connectivity index (χ3n) is 3.82. The van der Waals surface area contributed by atoms with E-state index in [1.807, 2.05) is 18.2 Å². The van der Waals surface area contributed by atoms with Crippen LogP contribution in [0.15, 0.2) is 54.6 Å². The summed E-state index contributed by atoms with van der Waals surface area (Å²) in [6.07, 6.45) is 2.73. The molecule has 0 atom stereocenters. The van der Waals surface area contributed by atoms with Gasteiger partial charge in [0.2, 0.25) is 5.91 Å². The third-order valence-corrected chi connectivity index (χ3v) is 4.91. The number of benzene rings is 2. The predicted molar refractivity (Wildman–Crippen MR) is 109 cm³/mol. The maximum atomic E-state index is 12.4. The molecular formula is C20H16N2O5S. The van der Waals surface area contributed by atoms with E-state index < -0.39 is 16.8 Å². The fourth-order valence-corrected chi connectivity index (χ4v) is 3.70. The molecule has 0 saturated carbocycles. The number of carbonyl (C=O) groups excluding carboxylic acids is 2. The summed E-state index contributed by atoms with van der Waals surface area (Å²) in [5.41, 5.74) is 0.780. The van der Waals surface area contributed by atoms with Gasteiger partial charge in [-0.15, -0.1) is 11.3 Å². The lowest BCUT2D eigenvalue weighted by atomic mass is 10.1. The lowest BCUT2D eigenvalue weighted by molar-refractivity contribution is -0.384. The van der Waals surface area contributed by atoms with Gasteiger partial charge in [0.05, 0.1) is 11.5 Å². The van der Waals surface area contributed by atoms with Crippen LogP contribution < -0.4 is 5.32 Å². The van der Waals surface area contributed by atoms with Gasteiger partial charge in [-0.1, -0.05) is 30.3 Å². The second kappa shape index (κ2) is 8.45. The van der Waals surface area contributed by atoms with E-state index in [2.05, 4.69) is 5.32 Å². The average molecular weight is 396 g/mol. The molecule has 0 aliphatic heterocycles. The van der Waals surface area contributed by atoms with Gasteiger partial charge in [-0.2, -0.15) is 0 Å². The number of non-ortho nitro benzene ring substituents is 1. The molecule has 3 aromatic rings. The Kier molecular flexibility index (Phi) is 5.81. The monoisotopic (exact) mass is 396 g/mol. The van der Waals surface area contributed by atoms with Crippen molar-refractivity contribution in [1.82, 2.24) is 0 Å². The van der Waals surface area contributed by atoms with E-state index in [9.17, 15) is 19.7 Å². The van der Waals surface area contributed by atoms with Crippen molar-refractivity contribution in [2.24, 2.45) is 0 Å². The van der Waals surface area contributed by atoms with Gasteiger partial charge in [-0.05, 0) is 24.6 Å². The maximum absolute atomic E-state index is 12.4. The molecule has 1 aromatic heterocycles. The molecule has 0 aliphatic carbocycles. The number of esters is 1. The minimum atomic E-state index is -0.502. The van der Waals surface area contributed by atoms with Gasteiger partial charge in [-0.3, -0.25) is 14.9 Å². The van der Waals surface area contributed by atoms with E-state index in [4.69, 9.17) is 4.74 Å². The Morgan fingerprint density at radius 3 is 2.75 bits per heavy atom. The first-order valence-electron chi connectivity index (χ1n) is 8.41. The Labute approximate surface area is 164 Å². The molecule has 7 nitrogen and oxygen atoms in total. The van der Waals surface area contributed by atoms with E-state index in [0.717, 1.165) is 4.70 Å². The smallest absolute Gasteiger partial charge is 0.341 e. The van der Waals surface area contributed by atoms with Crippen LogP contribution in [0, 0.1) is 10.1 Å². The molecule has 1 amide bonds. The van der Waals surface area contributed by atoms with Gasteiger partial charge in [0.1, 0.15) is 10.6 Å². The zero-order valence-corrected chi connectivity index (χ0v) is 15.7. The number of hydrogen-bond acceptors (Lipinski definition) is 6. The summed E-state index contributed by atoms with van der Waals surface area (Å²) in [5.74, 6) is -0.957. The predicted octanol–water partition coefficient (Wildman–Crippen LogP) is 4.64. The summed E-state index contributed by atoms with van der Waals surface area (Å²) in [6.45, 7) is 1.94. The highest BCUT2D eigenvalue weighted by Crippen LogP contribution is 2.36. The topological polar surface area (TPSA) is 98.5 Å². The molecule has 0 fully saturated rings. The number of thiophene rings is 1. The summed E-state index contributed by atoms with van der Waals surface area (Å²) < 4.78 is 5.97. The molecule has 0 radical (unpaired) electrons. The van der Waals surface area contributed by atoms with Crippen molar-refractivity contribution in [2.75, 3.05) is 11.9 Å². The third kappa shape index (κ3) is 4.24. The van der Waals surface area contributed by atoms with Crippen LogP contribution in [0.1, 0.15) is 22.8 Å². The van der Waals surface area contributed by atoms with Crippen molar-refractivity contribution >= 4 is 50.1 Å². The first-order chi connectivity index (χ1) is 13.5. The number of amides is 1. The van der Waals surface area contributed by atoms with Crippen LogP contribution in [0.4, 0.5) is 10.7 Å². The second-order valence-corrected chi connectivity index (χ2v) is 6.75. The Morgan fingerprint density at radius 1 is 1.21 bits per heavy atom. The minimum absolute atomic E-state index is 0.0586. The van der Waals surface area contributed by atoms with E-state index in [-0.39, 0.29) is 12.3 Å². The number of ether oxygens (including phenoxy) is 1. The molecule has 0 saturated heterocycles. The molecule has 3 rings (SSSR count). The SMILES string of the molecule is CCOC(=O)c1c(NC(=O)C=Cc2cccc([N+](=O)[O-])c2)sc2ccccc12. The highest BCUT2D eigenvalue weighted by Gasteiger charge is 2.20. The number of rotatable bonds is 6. The summed E-state index contributed by atoms with van der Waals surface area (Å²) in [7, 11) is 0. The van der Waals surface area contributed by atoms with Crippen LogP contribution in [-0.4, -0.2) is 23.4 Å². The van der Waals surface area contributed by atoms with Gasteiger partial charge in [0, 0.05) is 28.3 Å². The Balaban J connectivity index is 1.85. The van der Waals surface area contributed by atoms with Gasteiger partial charge < -0.3 is 10.1 Å². The zero-order chi connectivity index (χ0) is 20.1. The quantitative estimate of drug-likeness (QED) is 0.283. The molecule has 28 heavy (non-hydrogen) atoms. The van der Waals surface area contributed by atoms with Gasteiger partial charge in [-0.25, -0.2) is 4.79 Å². The molecule has 0 bridgehead atoms. The van der Waals surface area contributed by atoms with Crippen molar-refractivity contribution in [3.63, 3.8) is 0 Å². The molecule has 2 aromatic carbocycles. The van der Waals surface area contributed by atoms with E-state index in [1.54, 1.807) is 25.1 Å². The molecular weight excluding hydrogens is 380 g/mol. The van der Waals surface area contributed by atoms with Crippen molar-refractivity contribution in [1.29, 1.82) is 0 Å². The van der Waals surface area contributed by atoms with Crippen LogP contribution in [-0.2, 0) is 9.53 Å². The molecule has 142 valence electrons. The summed E-state index contributed by atoms with van der Waals surface area (Å²) in [6, 6.07) is 13.3. The lowest BCUT2D eigenvalue weighted by Gasteiger charge is -2.05. The number of nitro groups is 1. The molecule has 0 unspecified atom stereocenters. The van der Waals surface area contributed by atoms with Crippen LogP contribution in [0.25, 0.3) is 16.2 Å². The largest absolute Gasteiger partial charge is 0.462 e. The zero-order valence-electron chi connectivity index (χ0n) is 14.9. The Bertz CT molecular complexity index is 1090. The Hall–Kier alpha value is -3.52. The first kappa shape index (κ1) is 19.2. The molecule has 0 spiro atoms. The van der Waals surface area contributed by atoms with Crippen molar-refractivity contribution in [3.05, 3.63) is 75.8 Å². The average Bonchev–Trinajstić information content (AvgIpc) is 3.04. The number of anilines is 1. The highest BCUT2D eigenvalue weighted by atomic mass is 32.1. The van der Waals surface area contributed by atoms with E-state index in [0.29, 0.717) is 21.5 Å². The van der Waals surface area contributed by atoms with Crippen molar-refractivity contribution in [2.45, 2.75) is 6.92 Å². The molecule has 1 N–H and O–H groups in total. The van der Waals surface area contributed by atoms with Crippen LogP contribution >= 0.6 is 11.3 Å². The summed E-state index contributed by atoms with van der Waals surface area (Å²) in [5, 5.41) is 14.6. The maximum Gasteiger partial charge on any atom is 0.341 e. The summed E-state index contributed by atoms with van der Waals surface area (Å²) >= 11 is 1.28. The minimum Gasteiger partial charge on any atom is -0.462 e. The standard InChI is InChI=1S/C20H16N2O5S/c1-2-27-20(24)18-15-8-3-4-9-16(15)28-19(18)21-17(23)11-10-13-6-5-7-14(12-13)22(25)26/h3-12H,2H2,1H3,(H,21,23). The normalized spacial score (nSPS) is 10.9.